The molecule has 0 aliphatic carbocycles. The highest BCUT2D eigenvalue weighted by Crippen LogP contribution is 2.05. The largest absolute Gasteiger partial charge is 0.409 e. The minimum atomic E-state index is -3.32. The molecule has 0 aliphatic heterocycles. The summed E-state index contributed by atoms with van der Waals surface area (Å²) in [5, 5.41) is 11.2. The van der Waals surface area contributed by atoms with Crippen LogP contribution in [0.3, 0.4) is 0 Å². The predicted octanol–water partition coefficient (Wildman–Crippen LogP) is 0.627. The van der Waals surface area contributed by atoms with Gasteiger partial charge < -0.3 is 10.9 Å². The van der Waals surface area contributed by atoms with E-state index in [9.17, 15) is 8.42 Å². The first kappa shape index (κ1) is 15.5. The van der Waals surface area contributed by atoms with Gasteiger partial charge in [-0.15, -0.1) is 0 Å². The smallest absolute Gasteiger partial charge is 0.214 e. The van der Waals surface area contributed by atoms with E-state index in [1.807, 2.05) is 30.3 Å². The lowest BCUT2D eigenvalue weighted by Gasteiger charge is -2.16. The molecule has 1 rings (SSSR count). The third-order valence-corrected chi connectivity index (χ3v) is 4.63. The number of sulfonamides is 1. The molecule has 3 N–H and O–H groups in total. The Labute approximate surface area is 113 Å². The molecule has 19 heavy (non-hydrogen) atoms. The number of hydrogen-bond donors (Lipinski definition) is 2. The molecule has 0 amide bonds. The Hall–Kier alpha value is -1.60. The second kappa shape index (κ2) is 7.10. The van der Waals surface area contributed by atoms with Crippen LogP contribution in [-0.4, -0.2) is 43.1 Å². The molecule has 1 aromatic rings. The van der Waals surface area contributed by atoms with Crippen molar-refractivity contribution in [3.8, 4) is 0 Å². The molecule has 0 bridgehead atoms. The Morgan fingerprint density at radius 1 is 1.37 bits per heavy atom. The van der Waals surface area contributed by atoms with Gasteiger partial charge in [0.2, 0.25) is 10.0 Å². The van der Waals surface area contributed by atoms with Gasteiger partial charge in [0, 0.05) is 20.0 Å². The molecule has 1 aromatic carbocycles. The van der Waals surface area contributed by atoms with Crippen molar-refractivity contribution < 1.29 is 13.6 Å². The van der Waals surface area contributed by atoms with Crippen LogP contribution in [0, 0.1) is 0 Å². The van der Waals surface area contributed by atoms with Gasteiger partial charge in [-0.1, -0.05) is 35.5 Å². The molecule has 106 valence electrons. The summed E-state index contributed by atoms with van der Waals surface area (Å²) in [7, 11) is -1.83. The number of nitrogens with two attached hydrogens (primary N) is 1. The fourth-order valence-corrected chi connectivity index (χ4v) is 2.68. The van der Waals surface area contributed by atoms with Gasteiger partial charge in [-0.2, -0.15) is 0 Å². The highest BCUT2D eigenvalue weighted by atomic mass is 32.2. The molecule has 0 aromatic heterocycles. The molecule has 0 aliphatic rings. The summed E-state index contributed by atoms with van der Waals surface area (Å²) in [6.45, 7) is 0.201. The Kier molecular flexibility index (Phi) is 5.78. The highest BCUT2D eigenvalue weighted by molar-refractivity contribution is 7.89. The van der Waals surface area contributed by atoms with Crippen LogP contribution in [-0.2, 0) is 16.4 Å². The van der Waals surface area contributed by atoms with Crippen LogP contribution >= 0.6 is 0 Å². The van der Waals surface area contributed by atoms with Crippen LogP contribution in [0.2, 0.25) is 0 Å². The van der Waals surface area contributed by atoms with Gasteiger partial charge in [0.05, 0.1) is 5.75 Å². The van der Waals surface area contributed by atoms with E-state index in [2.05, 4.69) is 5.16 Å². The molecule has 0 saturated carbocycles. The number of amidine groups is 1. The first-order valence-electron chi connectivity index (χ1n) is 5.90. The zero-order chi connectivity index (χ0) is 14.3. The van der Waals surface area contributed by atoms with E-state index < -0.39 is 10.0 Å². The van der Waals surface area contributed by atoms with E-state index in [1.165, 1.54) is 11.4 Å². The Bertz CT molecular complexity index is 514. The third-order valence-electron chi connectivity index (χ3n) is 2.78. The predicted molar refractivity (Wildman–Crippen MR) is 74.6 cm³/mol. The van der Waals surface area contributed by atoms with Crippen molar-refractivity contribution in [3.05, 3.63) is 35.9 Å². The van der Waals surface area contributed by atoms with Gasteiger partial charge in [0.15, 0.2) is 0 Å². The molecular formula is C12H19N3O3S. The van der Waals surface area contributed by atoms with Crippen LogP contribution < -0.4 is 5.73 Å². The zero-order valence-corrected chi connectivity index (χ0v) is 11.7. The average Bonchev–Trinajstić information content (AvgIpc) is 2.43. The lowest BCUT2D eigenvalue weighted by Crippen LogP contribution is -2.33. The number of hydrogen-bond acceptors (Lipinski definition) is 4. The van der Waals surface area contributed by atoms with Gasteiger partial charge in [-0.25, -0.2) is 12.7 Å². The summed E-state index contributed by atoms with van der Waals surface area (Å²) in [6.07, 6.45) is 0.675. The summed E-state index contributed by atoms with van der Waals surface area (Å²) >= 11 is 0. The molecule has 0 atom stereocenters. The van der Waals surface area contributed by atoms with Crippen molar-refractivity contribution in [3.63, 3.8) is 0 Å². The quantitative estimate of drug-likeness (QED) is 0.332. The molecule has 0 saturated heterocycles. The molecule has 0 unspecified atom stereocenters. The number of benzene rings is 1. The van der Waals surface area contributed by atoms with Crippen molar-refractivity contribution in [2.24, 2.45) is 10.9 Å². The second-order valence-corrected chi connectivity index (χ2v) is 6.41. The number of aryl methyl sites for hydroxylation is 1. The van der Waals surface area contributed by atoms with Gasteiger partial charge in [0.25, 0.3) is 0 Å². The van der Waals surface area contributed by atoms with Crippen LogP contribution in [0.5, 0.6) is 0 Å². The van der Waals surface area contributed by atoms with Crippen LogP contribution in [0.4, 0.5) is 0 Å². The van der Waals surface area contributed by atoms with E-state index in [0.29, 0.717) is 6.42 Å². The van der Waals surface area contributed by atoms with Gasteiger partial charge in [-0.05, 0) is 12.0 Å². The summed E-state index contributed by atoms with van der Waals surface area (Å²) in [5.41, 5.74) is 6.29. The number of oxime groups is 1. The van der Waals surface area contributed by atoms with Crippen molar-refractivity contribution in [1.29, 1.82) is 0 Å². The minimum Gasteiger partial charge on any atom is -0.409 e. The molecule has 0 spiro atoms. The highest BCUT2D eigenvalue weighted by Gasteiger charge is 2.17. The fourth-order valence-electron chi connectivity index (χ4n) is 1.51. The minimum absolute atomic E-state index is 0.0186. The van der Waals surface area contributed by atoms with Crippen LogP contribution in [0.15, 0.2) is 35.5 Å². The van der Waals surface area contributed by atoms with Crippen molar-refractivity contribution >= 4 is 15.9 Å². The fraction of sp³-hybridized carbons (Fsp3) is 0.417. The number of rotatable bonds is 7. The van der Waals surface area contributed by atoms with E-state index >= 15 is 0 Å². The lowest BCUT2D eigenvalue weighted by molar-refractivity contribution is 0.316. The lowest BCUT2D eigenvalue weighted by atomic mass is 10.2. The third kappa shape index (κ3) is 5.27. The van der Waals surface area contributed by atoms with Crippen molar-refractivity contribution in [2.45, 2.75) is 12.8 Å². The molecule has 0 radical (unpaired) electrons. The van der Waals surface area contributed by atoms with E-state index in [-0.39, 0.29) is 24.6 Å². The molecule has 0 heterocycles. The van der Waals surface area contributed by atoms with E-state index in [1.54, 1.807) is 0 Å². The van der Waals surface area contributed by atoms with Crippen LogP contribution in [0.1, 0.15) is 12.0 Å². The zero-order valence-electron chi connectivity index (χ0n) is 10.9. The Balaban J connectivity index is 2.51. The van der Waals surface area contributed by atoms with Gasteiger partial charge in [-0.3, -0.25) is 0 Å². The molecule has 7 heteroatoms. The summed E-state index contributed by atoms with van der Waals surface area (Å²) < 4.78 is 25.2. The standard InChI is InChI=1S/C12H19N3O3S/c1-15(9-7-12(13)14-16)19(17,18)10-8-11-5-3-2-4-6-11/h2-6,16H,7-10H2,1H3,(H2,13,14). The maximum Gasteiger partial charge on any atom is 0.214 e. The molecular weight excluding hydrogens is 266 g/mol. The topological polar surface area (TPSA) is 96.0 Å². The summed E-state index contributed by atoms with van der Waals surface area (Å²) in [4.78, 5) is 0. The van der Waals surface area contributed by atoms with Crippen LogP contribution in [0.25, 0.3) is 0 Å². The first-order valence-corrected chi connectivity index (χ1v) is 7.51. The van der Waals surface area contributed by atoms with Gasteiger partial charge >= 0.3 is 0 Å². The monoisotopic (exact) mass is 285 g/mol. The van der Waals surface area contributed by atoms with Crippen molar-refractivity contribution in [1.82, 2.24) is 4.31 Å². The molecule has 6 nitrogen and oxygen atoms in total. The average molecular weight is 285 g/mol. The first-order chi connectivity index (χ1) is 8.95. The summed E-state index contributed by atoms with van der Waals surface area (Å²) in [5.74, 6) is 0.0639. The second-order valence-electron chi connectivity index (χ2n) is 4.21. The number of nitrogens with zero attached hydrogens (tertiary/aromatic N) is 2. The van der Waals surface area contributed by atoms with E-state index in [4.69, 9.17) is 10.9 Å². The summed E-state index contributed by atoms with van der Waals surface area (Å²) in [6, 6.07) is 9.44. The van der Waals surface area contributed by atoms with E-state index in [0.717, 1.165) is 5.56 Å². The Morgan fingerprint density at radius 3 is 2.58 bits per heavy atom. The maximum atomic E-state index is 12.0. The maximum absolute atomic E-state index is 12.0. The Morgan fingerprint density at radius 2 is 2.00 bits per heavy atom. The SMILES string of the molecule is CN(CC/C(N)=N/O)S(=O)(=O)CCc1ccccc1. The normalized spacial score (nSPS) is 12.8. The van der Waals surface area contributed by atoms with Gasteiger partial charge in [0.1, 0.15) is 5.84 Å². The molecule has 0 fully saturated rings. The van der Waals surface area contributed by atoms with Crippen molar-refractivity contribution in [2.75, 3.05) is 19.3 Å².